The minimum absolute atomic E-state index is 0.0348. The Labute approximate surface area is 140 Å². The quantitative estimate of drug-likeness (QED) is 0.885. The van der Waals surface area contributed by atoms with Crippen LogP contribution in [0.3, 0.4) is 0 Å². The molecule has 0 bridgehead atoms. The average molecular weight is 336 g/mol. The van der Waals surface area contributed by atoms with Crippen LogP contribution in [-0.2, 0) is 0 Å². The number of benzene rings is 2. The molecule has 1 unspecified atom stereocenters. The molecule has 0 aromatic heterocycles. The van der Waals surface area contributed by atoms with Gasteiger partial charge in [0.05, 0.1) is 11.6 Å². The van der Waals surface area contributed by atoms with Gasteiger partial charge in [-0.1, -0.05) is 17.7 Å². The van der Waals surface area contributed by atoms with E-state index in [0.29, 0.717) is 6.61 Å². The second-order valence-electron chi connectivity index (χ2n) is 5.56. The molecule has 0 fully saturated rings. The first kappa shape index (κ1) is 17.3. The van der Waals surface area contributed by atoms with Crippen molar-refractivity contribution in [1.29, 1.82) is 0 Å². The summed E-state index contributed by atoms with van der Waals surface area (Å²) in [5.41, 5.74) is 2.30. The van der Waals surface area contributed by atoms with E-state index < -0.39 is 11.7 Å². The normalized spacial score (nSPS) is 11.9. The van der Waals surface area contributed by atoms with Crippen LogP contribution >= 0.6 is 11.6 Å². The Morgan fingerprint density at radius 3 is 2.61 bits per heavy atom. The van der Waals surface area contributed by atoms with Crippen molar-refractivity contribution in [2.75, 3.05) is 6.61 Å². The lowest BCUT2D eigenvalue weighted by Gasteiger charge is -2.16. The predicted molar refractivity (Wildman–Crippen MR) is 89.7 cm³/mol. The van der Waals surface area contributed by atoms with E-state index in [1.807, 2.05) is 32.0 Å². The van der Waals surface area contributed by atoms with Gasteiger partial charge >= 0.3 is 0 Å². The van der Waals surface area contributed by atoms with Crippen molar-refractivity contribution >= 4 is 17.5 Å². The fraction of sp³-hybridized carbons (Fsp3) is 0.278. The van der Waals surface area contributed by atoms with Gasteiger partial charge < -0.3 is 10.1 Å². The molecule has 0 heterocycles. The molecule has 3 nitrogen and oxygen atoms in total. The molecule has 1 N–H and O–H groups in total. The van der Waals surface area contributed by atoms with Crippen molar-refractivity contribution in [3.8, 4) is 5.75 Å². The molecule has 0 spiro atoms. The van der Waals surface area contributed by atoms with Crippen LogP contribution in [0.4, 0.5) is 4.39 Å². The average Bonchev–Trinajstić information content (AvgIpc) is 2.48. The summed E-state index contributed by atoms with van der Waals surface area (Å²) in [7, 11) is 0. The van der Waals surface area contributed by atoms with Crippen molar-refractivity contribution in [2.24, 2.45) is 0 Å². The number of aryl methyl sites for hydroxylation is 2. The summed E-state index contributed by atoms with van der Waals surface area (Å²) in [6.45, 7) is 6.13. The predicted octanol–water partition coefficient (Wildman–Crippen LogP) is 4.29. The van der Waals surface area contributed by atoms with E-state index in [-0.39, 0.29) is 16.6 Å². The topological polar surface area (TPSA) is 38.3 Å². The first-order chi connectivity index (χ1) is 10.9. The van der Waals surface area contributed by atoms with E-state index >= 15 is 0 Å². The number of hydrogen-bond donors (Lipinski definition) is 1. The number of halogens is 2. The Bertz CT molecular complexity index is 718. The third-order valence-corrected chi connectivity index (χ3v) is 3.77. The van der Waals surface area contributed by atoms with Gasteiger partial charge in [0.25, 0.3) is 5.91 Å². The maximum Gasteiger partial charge on any atom is 0.254 e. The van der Waals surface area contributed by atoms with E-state index in [4.69, 9.17) is 16.3 Å². The fourth-order valence-corrected chi connectivity index (χ4v) is 2.20. The highest BCUT2D eigenvalue weighted by molar-refractivity contribution is 6.30. The molecule has 0 saturated heterocycles. The largest absolute Gasteiger partial charge is 0.491 e. The van der Waals surface area contributed by atoms with Gasteiger partial charge in [0.15, 0.2) is 0 Å². The second kappa shape index (κ2) is 7.47. The number of carbonyl (C=O) groups is 1. The van der Waals surface area contributed by atoms with Crippen LogP contribution in [0.25, 0.3) is 0 Å². The molecule has 2 aromatic rings. The van der Waals surface area contributed by atoms with E-state index in [0.717, 1.165) is 17.4 Å². The van der Waals surface area contributed by atoms with Crippen LogP contribution < -0.4 is 10.1 Å². The van der Waals surface area contributed by atoms with Gasteiger partial charge in [0.1, 0.15) is 18.2 Å². The van der Waals surface area contributed by atoms with E-state index in [1.165, 1.54) is 17.7 Å². The monoisotopic (exact) mass is 335 g/mol. The minimum Gasteiger partial charge on any atom is -0.491 e. The highest BCUT2D eigenvalue weighted by Gasteiger charge is 2.14. The summed E-state index contributed by atoms with van der Waals surface area (Å²) < 4.78 is 19.4. The van der Waals surface area contributed by atoms with Crippen molar-refractivity contribution < 1.29 is 13.9 Å². The highest BCUT2D eigenvalue weighted by Crippen LogP contribution is 2.17. The Kier molecular flexibility index (Phi) is 5.61. The van der Waals surface area contributed by atoms with Crippen LogP contribution in [0.5, 0.6) is 5.75 Å². The molecule has 1 atom stereocenters. The minimum atomic E-state index is -0.641. The third kappa shape index (κ3) is 4.70. The number of nitrogens with one attached hydrogen (secondary N) is 1. The first-order valence-corrected chi connectivity index (χ1v) is 7.70. The van der Waals surface area contributed by atoms with Crippen molar-refractivity contribution in [1.82, 2.24) is 5.32 Å². The molecule has 1 amide bonds. The Morgan fingerprint density at radius 1 is 1.22 bits per heavy atom. The summed E-state index contributed by atoms with van der Waals surface area (Å²) in [4.78, 5) is 12.0. The smallest absolute Gasteiger partial charge is 0.254 e. The zero-order chi connectivity index (χ0) is 17.0. The molecular weight excluding hydrogens is 317 g/mol. The second-order valence-corrected chi connectivity index (χ2v) is 5.99. The van der Waals surface area contributed by atoms with Gasteiger partial charge in [-0.15, -0.1) is 0 Å². The highest BCUT2D eigenvalue weighted by atomic mass is 35.5. The third-order valence-electron chi connectivity index (χ3n) is 3.53. The lowest BCUT2D eigenvalue weighted by Crippen LogP contribution is -2.37. The fourth-order valence-electron chi connectivity index (χ4n) is 2.04. The summed E-state index contributed by atoms with van der Waals surface area (Å²) in [6, 6.07) is 9.52. The van der Waals surface area contributed by atoms with Gasteiger partial charge in [-0.2, -0.15) is 0 Å². The molecule has 2 rings (SSSR count). The van der Waals surface area contributed by atoms with Crippen molar-refractivity contribution in [3.05, 3.63) is 63.9 Å². The number of amides is 1. The van der Waals surface area contributed by atoms with Crippen LogP contribution in [0.15, 0.2) is 36.4 Å². The Hall–Kier alpha value is -2.07. The molecule has 0 aliphatic rings. The SMILES string of the molecule is Cc1ccc(OCC(C)NC(=O)c2ccc(Cl)cc2F)cc1C. The van der Waals surface area contributed by atoms with E-state index in [9.17, 15) is 9.18 Å². The molecule has 122 valence electrons. The first-order valence-electron chi connectivity index (χ1n) is 7.33. The van der Waals surface area contributed by atoms with Gasteiger partial charge in [-0.3, -0.25) is 4.79 Å². The van der Waals surface area contributed by atoms with Crippen molar-refractivity contribution in [3.63, 3.8) is 0 Å². The number of rotatable bonds is 5. The molecule has 0 saturated carbocycles. The van der Waals surface area contributed by atoms with Gasteiger partial charge in [-0.05, 0) is 62.2 Å². The molecule has 5 heteroatoms. The maximum absolute atomic E-state index is 13.7. The zero-order valence-electron chi connectivity index (χ0n) is 13.3. The lowest BCUT2D eigenvalue weighted by atomic mass is 10.1. The van der Waals surface area contributed by atoms with Gasteiger partial charge in [0, 0.05) is 5.02 Å². The van der Waals surface area contributed by atoms with Gasteiger partial charge in [-0.25, -0.2) is 4.39 Å². The molecule has 23 heavy (non-hydrogen) atoms. The number of ether oxygens (including phenoxy) is 1. The molecule has 2 aromatic carbocycles. The van der Waals surface area contributed by atoms with E-state index in [2.05, 4.69) is 5.32 Å². The number of hydrogen-bond acceptors (Lipinski definition) is 2. The van der Waals surface area contributed by atoms with Crippen LogP contribution in [0, 0.1) is 19.7 Å². The maximum atomic E-state index is 13.7. The summed E-state index contributed by atoms with van der Waals surface area (Å²) >= 11 is 5.68. The standard InChI is InChI=1S/C18H19ClFNO2/c1-11-4-6-15(8-12(11)2)23-10-13(3)21-18(22)16-7-5-14(19)9-17(16)20/h4-9,13H,10H2,1-3H3,(H,21,22). The van der Waals surface area contributed by atoms with Crippen LogP contribution in [-0.4, -0.2) is 18.6 Å². The summed E-state index contributed by atoms with van der Waals surface area (Å²) in [5, 5.41) is 2.96. The van der Waals surface area contributed by atoms with Gasteiger partial charge in [0.2, 0.25) is 0 Å². The number of carbonyl (C=O) groups excluding carboxylic acids is 1. The molecule has 0 aliphatic carbocycles. The summed E-state index contributed by atoms with van der Waals surface area (Å²) in [6.07, 6.45) is 0. The van der Waals surface area contributed by atoms with Crippen LogP contribution in [0.1, 0.15) is 28.4 Å². The lowest BCUT2D eigenvalue weighted by molar-refractivity contribution is 0.0922. The Morgan fingerprint density at radius 2 is 1.96 bits per heavy atom. The van der Waals surface area contributed by atoms with Crippen molar-refractivity contribution in [2.45, 2.75) is 26.8 Å². The molecular formula is C18H19ClFNO2. The van der Waals surface area contributed by atoms with E-state index in [1.54, 1.807) is 6.92 Å². The van der Waals surface area contributed by atoms with Crippen LogP contribution in [0.2, 0.25) is 5.02 Å². The Balaban J connectivity index is 1.92. The molecule has 0 aliphatic heterocycles. The molecule has 0 radical (unpaired) electrons. The zero-order valence-corrected chi connectivity index (χ0v) is 14.1. The summed E-state index contributed by atoms with van der Waals surface area (Å²) in [5.74, 6) is -0.389.